The van der Waals surface area contributed by atoms with Crippen LogP contribution in [0.25, 0.3) is 28.1 Å². The van der Waals surface area contributed by atoms with E-state index in [4.69, 9.17) is 14.7 Å². The lowest BCUT2D eigenvalue weighted by atomic mass is 10.0. The molecule has 0 saturated heterocycles. The van der Waals surface area contributed by atoms with Gasteiger partial charge < -0.3 is 19.9 Å². The van der Waals surface area contributed by atoms with Crippen LogP contribution in [0, 0.1) is 5.82 Å². The van der Waals surface area contributed by atoms with Crippen LogP contribution in [0.4, 0.5) is 4.39 Å². The van der Waals surface area contributed by atoms with E-state index in [-0.39, 0.29) is 17.6 Å². The molecule has 3 aromatic rings. The number of benzene rings is 2. The summed E-state index contributed by atoms with van der Waals surface area (Å²) < 4.78 is 71.5. The number of halogens is 1. The molecule has 0 saturated carbocycles. The zero-order valence-corrected chi connectivity index (χ0v) is 15.9. The number of para-hydroxylation sites is 1. The average Bonchev–Trinajstić information content (AvgIpc) is 3.09. The lowest BCUT2D eigenvalue weighted by Crippen LogP contribution is -2.19. The van der Waals surface area contributed by atoms with Crippen molar-refractivity contribution in [3.05, 3.63) is 66.1 Å². The summed E-state index contributed by atoms with van der Waals surface area (Å²) in [5.41, 5.74) is 0.760. The van der Waals surface area contributed by atoms with Crippen LogP contribution in [-0.4, -0.2) is 38.1 Å². The first-order valence-electron chi connectivity index (χ1n) is 12.7. The summed E-state index contributed by atoms with van der Waals surface area (Å²) in [6.45, 7) is -6.67. The SMILES string of the molecule is [2H]C([2H])([2H])C([2H])(n1c(/C=C/[C@H](O)C[C@H](O)CC(=O)O)c(-c2ccc(F)cc2)c2ccccc21)C([2H])([2H])[2H]. The normalized spacial score (nSPS) is 18.6. The lowest BCUT2D eigenvalue weighted by molar-refractivity contribution is -0.139. The van der Waals surface area contributed by atoms with Crippen molar-refractivity contribution in [1.29, 1.82) is 0 Å². The Morgan fingerprint density at radius 2 is 1.90 bits per heavy atom. The maximum absolute atomic E-state index is 13.7. The summed E-state index contributed by atoms with van der Waals surface area (Å²) in [6.07, 6.45) is -1.35. The molecule has 0 amide bonds. The van der Waals surface area contributed by atoms with Gasteiger partial charge in [-0.3, -0.25) is 4.79 Å². The zero-order chi connectivity index (χ0) is 27.8. The first kappa shape index (κ1) is 14.1. The van der Waals surface area contributed by atoms with E-state index < -0.39 is 50.1 Å². The molecule has 0 aliphatic heterocycles. The molecule has 0 bridgehead atoms. The summed E-state index contributed by atoms with van der Waals surface area (Å²) in [4.78, 5) is 10.8. The molecule has 158 valence electrons. The Balaban J connectivity index is 2.35. The van der Waals surface area contributed by atoms with E-state index in [0.29, 0.717) is 16.5 Å². The molecular weight excluding hydrogens is 385 g/mol. The van der Waals surface area contributed by atoms with Gasteiger partial charge in [0.15, 0.2) is 0 Å². The molecule has 0 aliphatic rings. The lowest BCUT2D eigenvalue weighted by Gasteiger charge is -2.15. The molecule has 1 heterocycles. The van der Waals surface area contributed by atoms with Crippen LogP contribution in [-0.2, 0) is 4.79 Å². The summed E-state index contributed by atoms with van der Waals surface area (Å²) in [6, 6.07) is 8.29. The van der Waals surface area contributed by atoms with E-state index in [1.165, 1.54) is 36.4 Å². The molecule has 1 aromatic heterocycles. The van der Waals surface area contributed by atoms with Crippen LogP contribution in [0.15, 0.2) is 54.6 Å². The molecule has 5 nitrogen and oxygen atoms in total. The first-order valence-corrected chi connectivity index (χ1v) is 9.24. The number of hydrogen-bond acceptors (Lipinski definition) is 3. The monoisotopic (exact) mass is 418 g/mol. The number of aromatic nitrogens is 1. The molecule has 2 aromatic carbocycles. The third kappa shape index (κ3) is 4.78. The molecule has 0 unspecified atom stereocenters. The first-order chi connectivity index (χ1) is 17.1. The number of fused-ring (bicyclic) bond motifs is 1. The molecule has 0 spiro atoms. The Bertz CT molecular complexity index is 1290. The van der Waals surface area contributed by atoms with Gasteiger partial charge in [-0.05, 0) is 43.5 Å². The standard InChI is InChI=1S/C24H26FNO4/c1-15(2)26-21-6-4-3-5-20(21)24(16-7-9-17(25)10-8-16)22(26)12-11-18(27)13-19(28)14-23(29)30/h3-12,15,18-19,27-28H,13-14H2,1-2H3,(H,29,30)/b12-11+/t18-,19-/m0/s1/i1D3,2D3,15D. The van der Waals surface area contributed by atoms with Gasteiger partial charge in [0.05, 0.1) is 20.0 Å². The molecule has 0 aliphatic carbocycles. The number of rotatable bonds is 8. The minimum atomic E-state index is -3.33. The Morgan fingerprint density at radius 1 is 1.20 bits per heavy atom. The van der Waals surface area contributed by atoms with Crippen LogP contribution in [0.1, 0.15) is 47.9 Å². The topological polar surface area (TPSA) is 82.7 Å². The van der Waals surface area contributed by atoms with Gasteiger partial charge >= 0.3 is 5.97 Å². The number of carbonyl (C=O) groups is 1. The second-order valence-corrected chi connectivity index (χ2v) is 6.88. The van der Waals surface area contributed by atoms with Crippen molar-refractivity contribution in [2.75, 3.05) is 0 Å². The Morgan fingerprint density at radius 3 is 2.57 bits per heavy atom. The summed E-state index contributed by atoms with van der Waals surface area (Å²) >= 11 is 0. The molecule has 6 heteroatoms. The van der Waals surface area contributed by atoms with E-state index in [0.717, 1.165) is 10.6 Å². The number of nitrogens with zero attached hydrogens (tertiary/aromatic N) is 1. The predicted molar refractivity (Wildman–Crippen MR) is 116 cm³/mol. The van der Waals surface area contributed by atoms with E-state index in [1.807, 2.05) is 0 Å². The van der Waals surface area contributed by atoms with Crippen molar-refractivity contribution < 1.29 is 34.1 Å². The van der Waals surface area contributed by atoms with Crippen molar-refractivity contribution in [3.8, 4) is 11.1 Å². The van der Waals surface area contributed by atoms with E-state index in [2.05, 4.69) is 0 Å². The predicted octanol–water partition coefficient (Wildman–Crippen LogP) is 4.63. The van der Waals surface area contributed by atoms with Gasteiger partial charge in [0, 0.05) is 42.8 Å². The second-order valence-electron chi connectivity index (χ2n) is 6.88. The van der Waals surface area contributed by atoms with Crippen LogP contribution in [0.3, 0.4) is 0 Å². The fourth-order valence-electron chi connectivity index (χ4n) is 3.42. The summed E-state index contributed by atoms with van der Waals surface area (Å²) in [5, 5.41) is 29.5. The highest BCUT2D eigenvalue weighted by atomic mass is 19.1. The Kier molecular flexibility index (Phi) is 4.35. The summed E-state index contributed by atoms with van der Waals surface area (Å²) in [5.74, 6) is -1.80. The van der Waals surface area contributed by atoms with Crippen LogP contribution in [0.5, 0.6) is 0 Å². The molecule has 0 radical (unpaired) electrons. The van der Waals surface area contributed by atoms with Gasteiger partial charge in [-0.25, -0.2) is 4.39 Å². The van der Waals surface area contributed by atoms with Crippen molar-refractivity contribution in [2.24, 2.45) is 0 Å². The molecule has 30 heavy (non-hydrogen) atoms. The third-order valence-electron chi connectivity index (χ3n) is 4.67. The average molecular weight is 419 g/mol. The highest BCUT2D eigenvalue weighted by Gasteiger charge is 2.19. The minimum absolute atomic E-state index is 0.0539. The molecule has 3 rings (SSSR count). The maximum Gasteiger partial charge on any atom is 0.305 e. The number of aliphatic hydroxyl groups excluding tert-OH is 2. The van der Waals surface area contributed by atoms with Crippen molar-refractivity contribution in [3.63, 3.8) is 0 Å². The van der Waals surface area contributed by atoms with E-state index >= 15 is 0 Å². The molecular formula is C24H26FNO4. The summed E-state index contributed by atoms with van der Waals surface area (Å²) in [7, 11) is 0. The number of carboxylic acid groups (broad SMARTS) is 1. The van der Waals surface area contributed by atoms with Gasteiger partial charge in [-0.1, -0.05) is 36.4 Å². The van der Waals surface area contributed by atoms with Crippen LogP contribution < -0.4 is 0 Å². The maximum atomic E-state index is 13.7. The molecule has 0 fully saturated rings. The zero-order valence-electron chi connectivity index (χ0n) is 22.9. The van der Waals surface area contributed by atoms with Crippen LogP contribution >= 0.6 is 0 Å². The largest absolute Gasteiger partial charge is 0.481 e. The quantitative estimate of drug-likeness (QED) is 0.498. The van der Waals surface area contributed by atoms with E-state index in [9.17, 15) is 19.4 Å². The highest BCUT2D eigenvalue weighted by molar-refractivity contribution is 6.01. The highest BCUT2D eigenvalue weighted by Crippen LogP contribution is 2.38. The Labute approximate surface area is 184 Å². The van der Waals surface area contributed by atoms with Crippen molar-refractivity contribution in [1.82, 2.24) is 4.57 Å². The molecule has 2 atom stereocenters. The van der Waals surface area contributed by atoms with E-state index in [1.54, 1.807) is 18.2 Å². The fraction of sp³-hybridized carbons (Fsp3) is 0.292. The second kappa shape index (κ2) is 9.24. The minimum Gasteiger partial charge on any atom is -0.481 e. The van der Waals surface area contributed by atoms with Gasteiger partial charge in [-0.15, -0.1) is 0 Å². The number of hydrogen-bond donors (Lipinski definition) is 3. The van der Waals surface area contributed by atoms with Crippen LogP contribution in [0.2, 0.25) is 0 Å². The van der Waals surface area contributed by atoms with Gasteiger partial charge in [-0.2, -0.15) is 0 Å². The van der Waals surface area contributed by atoms with Crippen molar-refractivity contribution in [2.45, 2.75) is 44.8 Å². The Hall–Kier alpha value is -2.96. The number of carboxylic acids is 1. The third-order valence-corrected chi connectivity index (χ3v) is 4.67. The van der Waals surface area contributed by atoms with Gasteiger partial charge in [0.25, 0.3) is 0 Å². The van der Waals surface area contributed by atoms with Gasteiger partial charge in [0.2, 0.25) is 0 Å². The fourth-order valence-corrected chi connectivity index (χ4v) is 3.42. The smallest absolute Gasteiger partial charge is 0.305 e. The number of aliphatic carboxylic acids is 1. The molecule has 3 N–H and O–H groups in total. The number of aliphatic hydroxyl groups is 2. The van der Waals surface area contributed by atoms with Gasteiger partial charge in [0.1, 0.15) is 5.82 Å². The van der Waals surface area contributed by atoms with Crippen molar-refractivity contribution >= 4 is 22.9 Å².